The minimum atomic E-state index is -1.22. The van der Waals surface area contributed by atoms with E-state index in [-0.39, 0.29) is 53.5 Å². The Morgan fingerprint density at radius 2 is 0.571 bits per heavy atom. The molecule has 0 saturated carbocycles. The van der Waals surface area contributed by atoms with Crippen LogP contribution in [-0.4, -0.2) is 77.4 Å². The van der Waals surface area contributed by atoms with Crippen molar-refractivity contribution in [3.63, 3.8) is 0 Å². The minimum absolute atomic E-state index is 0. The zero-order valence-corrected chi connectivity index (χ0v) is 14.8. The molecule has 0 rings (SSSR count). The Labute approximate surface area is 140 Å². The predicted molar refractivity (Wildman–Crippen MR) is 62.0 cm³/mol. The fraction of sp³-hybridized carbons (Fsp3) is 0.500. The Kier molecular flexibility index (Phi) is 41.0. The monoisotopic (exact) mass is 504 g/mol. The molecule has 0 aliphatic carbocycles. The van der Waals surface area contributed by atoms with Crippen molar-refractivity contribution < 1.29 is 39.6 Å². The average Bonchev–Trinajstić information content (AvgIpc) is 2.40. The molecule has 0 saturated heterocycles. The van der Waals surface area contributed by atoms with Crippen LogP contribution in [0.25, 0.3) is 0 Å². The van der Waals surface area contributed by atoms with Gasteiger partial charge in [-0.15, -0.1) is 0 Å². The fourth-order valence-corrected chi connectivity index (χ4v) is 0. The van der Waals surface area contributed by atoms with E-state index in [2.05, 4.69) is 22.9 Å². The molecular formula is C8H16N4O8Pb. The molecule has 0 aromatic carbocycles. The third-order valence-corrected chi connectivity index (χ3v) is 0.667. The van der Waals surface area contributed by atoms with Crippen LogP contribution in [0.2, 0.25) is 0 Å². The first-order valence-electron chi connectivity index (χ1n) is 4.68. The zero-order valence-electron chi connectivity index (χ0n) is 10.9. The first kappa shape index (κ1) is 31.8. The van der Waals surface area contributed by atoms with Crippen LogP contribution in [0.4, 0.5) is 0 Å². The summed E-state index contributed by atoms with van der Waals surface area (Å²) >= 11 is 0. The molecule has 0 aromatic heterocycles. The normalized spacial score (nSPS) is 7.05. The molecule has 8 N–H and O–H groups in total. The third-order valence-electron chi connectivity index (χ3n) is 0.667. The maximum Gasteiger partial charge on any atom is 4.00 e. The van der Waals surface area contributed by atoms with Crippen molar-refractivity contribution in [3.05, 3.63) is 0 Å². The van der Waals surface area contributed by atoms with Gasteiger partial charge in [-0.1, -0.05) is 0 Å². The van der Waals surface area contributed by atoms with Crippen molar-refractivity contribution in [2.75, 3.05) is 26.2 Å². The largest absolute Gasteiger partial charge is 4.00 e. The van der Waals surface area contributed by atoms with Gasteiger partial charge in [-0.05, 0) is 0 Å². The van der Waals surface area contributed by atoms with E-state index >= 15 is 0 Å². The van der Waals surface area contributed by atoms with Crippen LogP contribution in [0.3, 0.4) is 0 Å². The van der Waals surface area contributed by atoms with E-state index in [9.17, 15) is 0 Å². The molecule has 0 radical (unpaired) electrons. The second-order valence-electron chi connectivity index (χ2n) is 2.30. The summed E-state index contributed by atoms with van der Waals surface area (Å²) in [7, 11) is 0. The minimum Gasteiger partial charge on any atom is -0.549 e. The van der Waals surface area contributed by atoms with Gasteiger partial charge in [0.25, 0.3) is 0 Å². The first-order chi connectivity index (χ1) is 9.08. The molecule has 0 fully saturated rings. The molecule has 120 valence electrons. The molecule has 0 heterocycles. The smallest absolute Gasteiger partial charge is 0.549 e. The fourth-order valence-electron chi connectivity index (χ4n) is 0. The van der Waals surface area contributed by atoms with E-state index < -0.39 is 23.9 Å². The number of nitrogens with two attached hydrogens (primary N) is 4. The van der Waals surface area contributed by atoms with Gasteiger partial charge in [-0.2, -0.15) is 0 Å². The summed E-state index contributed by atoms with van der Waals surface area (Å²) in [6, 6.07) is 0. The molecule has 0 bridgehead atoms. The van der Waals surface area contributed by atoms with E-state index in [4.69, 9.17) is 39.6 Å². The number of carbonyl (C=O) groups excluding carboxylic acids is 4. The molecule has 0 aromatic rings. The predicted octanol–water partition coefficient (Wildman–Crippen LogP) is -9.60. The van der Waals surface area contributed by atoms with Gasteiger partial charge in [0.2, 0.25) is 0 Å². The number of aliphatic carboxylic acids is 4. The van der Waals surface area contributed by atoms with E-state index in [1.807, 2.05) is 0 Å². The SMILES string of the molecule is NCC(=O)[O-].NCC(=O)[O-].NCC(=O)[O-].NCC(=O)[O-].[Pb+4]. The summed E-state index contributed by atoms with van der Waals surface area (Å²) in [6.07, 6.45) is 0. The molecule has 0 spiro atoms. The van der Waals surface area contributed by atoms with Crippen LogP contribution in [0.5, 0.6) is 0 Å². The maximum atomic E-state index is 9.13. The second kappa shape index (κ2) is 27.1. The summed E-state index contributed by atoms with van der Waals surface area (Å²) in [6.45, 7) is -1.56. The summed E-state index contributed by atoms with van der Waals surface area (Å²) in [4.78, 5) is 36.5. The van der Waals surface area contributed by atoms with Crippen LogP contribution >= 0.6 is 0 Å². The Morgan fingerprint density at radius 1 is 0.524 bits per heavy atom. The van der Waals surface area contributed by atoms with E-state index in [0.717, 1.165) is 0 Å². The number of carboxylic acid groups (broad SMARTS) is 4. The van der Waals surface area contributed by atoms with Gasteiger partial charge in [0.1, 0.15) is 0 Å². The molecule has 13 heteroatoms. The summed E-state index contributed by atoms with van der Waals surface area (Å²) in [5.74, 6) is -4.87. The van der Waals surface area contributed by atoms with Crippen molar-refractivity contribution in [1.29, 1.82) is 0 Å². The van der Waals surface area contributed by atoms with Gasteiger partial charge in [-0.3, -0.25) is 0 Å². The van der Waals surface area contributed by atoms with Crippen molar-refractivity contribution >= 4 is 51.2 Å². The van der Waals surface area contributed by atoms with Gasteiger partial charge in [0, 0.05) is 26.2 Å². The van der Waals surface area contributed by atoms with Crippen LogP contribution in [0.1, 0.15) is 0 Å². The van der Waals surface area contributed by atoms with Crippen molar-refractivity contribution in [3.8, 4) is 0 Å². The van der Waals surface area contributed by atoms with Gasteiger partial charge < -0.3 is 62.5 Å². The Bertz CT molecular complexity index is 233. The van der Waals surface area contributed by atoms with Gasteiger partial charge in [-0.25, -0.2) is 0 Å². The van der Waals surface area contributed by atoms with Gasteiger partial charge in [0.15, 0.2) is 0 Å². The number of carbonyl (C=O) groups is 4. The number of hydrogen-bond acceptors (Lipinski definition) is 12. The Morgan fingerprint density at radius 3 is 0.571 bits per heavy atom. The quantitative estimate of drug-likeness (QED) is 0.260. The topological polar surface area (TPSA) is 265 Å². The summed E-state index contributed by atoms with van der Waals surface area (Å²) in [5, 5.41) is 36.5. The van der Waals surface area contributed by atoms with Crippen LogP contribution in [-0.2, 0) is 19.2 Å². The molecular weight excluding hydrogens is 487 g/mol. The van der Waals surface area contributed by atoms with Gasteiger partial charge in [0.05, 0.1) is 23.9 Å². The summed E-state index contributed by atoms with van der Waals surface area (Å²) in [5.41, 5.74) is 18.0. The third kappa shape index (κ3) is 117. The molecule has 0 aliphatic rings. The van der Waals surface area contributed by atoms with Crippen molar-refractivity contribution in [2.24, 2.45) is 22.9 Å². The average molecular weight is 503 g/mol. The number of rotatable bonds is 4. The molecule has 21 heavy (non-hydrogen) atoms. The van der Waals surface area contributed by atoms with Crippen molar-refractivity contribution in [2.45, 2.75) is 0 Å². The maximum absolute atomic E-state index is 9.13. The van der Waals surface area contributed by atoms with Gasteiger partial charge >= 0.3 is 27.3 Å². The summed E-state index contributed by atoms with van der Waals surface area (Å²) < 4.78 is 0. The molecule has 0 amide bonds. The molecule has 0 unspecified atom stereocenters. The zero-order chi connectivity index (χ0) is 17.1. The van der Waals surface area contributed by atoms with E-state index in [1.54, 1.807) is 0 Å². The number of carboxylic acids is 4. The standard InChI is InChI=1S/4C2H5NO2.Pb/c4*3-1-2(4)5;/h4*1,3H2,(H,4,5);/q;;;;+4/p-4. The van der Waals surface area contributed by atoms with Crippen molar-refractivity contribution in [1.82, 2.24) is 0 Å². The Hall–Kier alpha value is -1.36. The molecule has 12 nitrogen and oxygen atoms in total. The van der Waals surface area contributed by atoms with E-state index in [1.165, 1.54) is 0 Å². The van der Waals surface area contributed by atoms with Crippen LogP contribution < -0.4 is 43.4 Å². The van der Waals surface area contributed by atoms with E-state index in [0.29, 0.717) is 0 Å². The molecule has 0 atom stereocenters. The second-order valence-corrected chi connectivity index (χ2v) is 2.30. The molecule has 0 aliphatic heterocycles. The first-order valence-corrected chi connectivity index (χ1v) is 4.68. The van der Waals surface area contributed by atoms with Crippen LogP contribution in [0, 0.1) is 0 Å². The van der Waals surface area contributed by atoms with Crippen LogP contribution in [0.15, 0.2) is 0 Å². The number of hydrogen-bond donors (Lipinski definition) is 4. The Balaban J connectivity index is -0.0000000533.